The zero-order chi connectivity index (χ0) is 13.6. The van der Waals surface area contributed by atoms with Gasteiger partial charge in [-0.2, -0.15) is 0 Å². The Kier molecular flexibility index (Phi) is 3.20. The summed E-state index contributed by atoms with van der Waals surface area (Å²) < 4.78 is 2.32. The molecule has 1 aromatic rings. The molecule has 1 aliphatic carbocycles. The van der Waals surface area contributed by atoms with Crippen LogP contribution in [-0.4, -0.2) is 15.1 Å². The molecule has 1 fully saturated rings. The highest BCUT2D eigenvalue weighted by Crippen LogP contribution is 2.38. The average Bonchev–Trinajstić information content (AvgIpc) is 2.87. The van der Waals surface area contributed by atoms with E-state index in [0.717, 1.165) is 18.1 Å². The molecule has 0 saturated heterocycles. The van der Waals surface area contributed by atoms with E-state index in [0.29, 0.717) is 11.5 Å². The maximum absolute atomic E-state index is 4.64. The topological polar surface area (TPSA) is 29.9 Å². The van der Waals surface area contributed by atoms with Gasteiger partial charge in [-0.25, -0.2) is 4.98 Å². The van der Waals surface area contributed by atoms with Gasteiger partial charge in [0.25, 0.3) is 0 Å². The van der Waals surface area contributed by atoms with Crippen molar-refractivity contribution in [2.45, 2.75) is 72.4 Å². The molecule has 0 aliphatic heterocycles. The fourth-order valence-electron chi connectivity index (χ4n) is 2.91. The lowest BCUT2D eigenvalue weighted by atomic mass is 9.82. The molecular weight excluding hydrogens is 222 g/mol. The van der Waals surface area contributed by atoms with E-state index in [1.165, 1.54) is 12.8 Å². The summed E-state index contributed by atoms with van der Waals surface area (Å²) >= 11 is 0. The summed E-state index contributed by atoms with van der Waals surface area (Å²) in [6, 6.07) is 0.680. The Labute approximate surface area is 111 Å². The van der Waals surface area contributed by atoms with E-state index >= 15 is 0 Å². The molecule has 0 bridgehead atoms. The van der Waals surface area contributed by atoms with Gasteiger partial charge in [-0.1, -0.05) is 20.8 Å². The van der Waals surface area contributed by atoms with Crippen molar-refractivity contribution >= 4 is 5.95 Å². The number of anilines is 1. The fraction of sp³-hybridized carbons (Fsp3) is 0.800. The molecule has 0 amide bonds. The monoisotopic (exact) mass is 249 g/mol. The Bertz CT molecular complexity index is 419. The van der Waals surface area contributed by atoms with Crippen molar-refractivity contribution in [3.63, 3.8) is 0 Å². The van der Waals surface area contributed by atoms with Crippen LogP contribution < -0.4 is 5.32 Å². The Balaban J connectivity index is 2.12. The molecule has 3 heteroatoms. The normalized spacial score (nSPS) is 17.0. The van der Waals surface area contributed by atoms with Crippen molar-refractivity contribution in [3.8, 4) is 0 Å². The Morgan fingerprint density at radius 2 is 1.89 bits per heavy atom. The van der Waals surface area contributed by atoms with Gasteiger partial charge < -0.3 is 9.88 Å². The molecule has 18 heavy (non-hydrogen) atoms. The maximum atomic E-state index is 4.64. The summed E-state index contributed by atoms with van der Waals surface area (Å²) in [6.45, 7) is 13.5. The molecule has 0 spiro atoms. The van der Waals surface area contributed by atoms with Crippen LogP contribution in [0.15, 0.2) is 6.20 Å². The van der Waals surface area contributed by atoms with Gasteiger partial charge in [0.15, 0.2) is 0 Å². The predicted octanol–water partition coefficient (Wildman–Crippen LogP) is 4.15. The lowest BCUT2D eigenvalue weighted by Gasteiger charge is -2.33. The lowest BCUT2D eigenvalue weighted by molar-refractivity contribution is 0.301. The van der Waals surface area contributed by atoms with E-state index in [2.05, 4.69) is 62.6 Å². The van der Waals surface area contributed by atoms with Crippen LogP contribution in [0.3, 0.4) is 0 Å². The number of nitrogens with zero attached hydrogens (tertiary/aromatic N) is 2. The van der Waals surface area contributed by atoms with Crippen LogP contribution in [0.1, 0.15) is 65.6 Å². The highest BCUT2D eigenvalue weighted by Gasteiger charge is 2.30. The molecule has 1 N–H and O–H groups in total. The van der Waals surface area contributed by atoms with Crippen molar-refractivity contribution in [3.05, 3.63) is 11.9 Å². The van der Waals surface area contributed by atoms with Gasteiger partial charge in [-0.3, -0.25) is 0 Å². The summed E-state index contributed by atoms with van der Waals surface area (Å²) in [6.07, 6.45) is 5.89. The van der Waals surface area contributed by atoms with E-state index in [4.69, 9.17) is 0 Å². The van der Waals surface area contributed by atoms with Gasteiger partial charge in [-0.05, 0) is 45.4 Å². The molecule has 0 aromatic carbocycles. The minimum absolute atomic E-state index is 0.0721. The third-order valence-electron chi connectivity index (χ3n) is 3.22. The molecule has 1 aliphatic rings. The fourth-order valence-corrected chi connectivity index (χ4v) is 2.91. The Hall–Kier alpha value is -0.990. The van der Waals surface area contributed by atoms with Crippen molar-refractivity contribution in [2.24, 2.45) is 5.41 Å². The molecule has 1 saturated carbocycles. The average molecular weight is 249 g/mol. The SMILES string of the molecule is Cc1cn(C2CC2)c(NC(C)(C)CC(C)(C)C)n1. The second-order valence-electron chi connectivity index (χ2n) is 7.59. The Morgan fingerprint density at radius 3 is 2.39 bits per heavy atom. The predicted molar refractivity (Wildman–Crippen MR) is 77.0 cm³/mol. The van der Waals surface area contributed by atoms with Crippen LogP contribution in [-0.2, 0) is 0 Å². The minimum Gasteiger partial charge on any atom is -0.351 e. The van der Waals surface area contributed by atoms with E-state index in [9.17, 15) is 0 Å². The van der Waals surface area contributed by atoms with Crippen LogP contribution >= 0.6 is 0 Å². The standard InChI is InChI=1S/C15H27N3/c1-11-9-18(12-7-8-12)13(16-11)17-15(5,6)10-14(2,3)4/h9,12H,7-8,10H2,1-6H3,(H,16,17). The van der Waals surface area contributed by atoms with Gasteiger partial charge in [0.05, 0.1) is 5.69 Å². The zero-order valence-corrected chi connectivity index (χ0v) is 12.7. The number of hydrogen-bond donors (Lipinski definition) is 1. The second kappa shape index (κ2) is 4.29. The number of hydrogen-bond acceptors (Lipinski definition) is 2. The summed E-state index contributed by atoms with van der Waals surface area (Å²) in [7, 11) is 0. The molecule has 0 unspecified atom stereocenters. The van der Waals surface area contributed by atoms with E-state index in [1.54, 1.807) is 0 Å². The summed E-state index contributed by atoms with van der Waals surface area (Å²) in [5.74, 6) is 1.05. The minimum atomic E-state index is 0.0721. The molecule has 0 radical (unpaired) electrons. The van der Waals surface area contributed by atoms with Gasteiger partial charge in [0.1, 0.15) is 0 Å². The zero-order valence-electron chi connectivity index (χ0n) is 12.7. The molecule has 102 valence electrons. The first-order valence-corrected chi connectivity index (χ1v) is 7.00. The number of rotatable bonds is 4. The summed E-state index contributed by atoms with van der Waals surface area (Å²) in [5, 5.41) is 3.64. The molecule has 1 heterocycles. The van der Waals surface area contributed by atoms with Gasteiger partial charge in [-0.15, -0.1) is 0 Å². The maximum Gasteiger partial charge on any atom is 0.203 e. The molecule has 1 aromatic heterocycles. The van der Waals surface area contributed by atoms with Crippen LogP contribution in [0.25, 0.3) is 0 Å². The van der Waals surface area contributed by atoms with E-state index in [-0.39, 0.29) is 5.54 Å². The first-order valence-electron chi connectivity index (χ1n) is 7.00. The van der Waals surface area contributed by atoms with Crippen LogP contribution in [0.4, 0.5) is 5.95 Å². The largest absolute Gasteiger partial charge is 0.351 e. The smallest absolute Gasteiger partial charge is 0.203 e. The first-order chi connectivity index (χ1) is 8.16. The number of nitrogens with one attached hydrogen (secondary N) is 1. The Morgan fingerprint density at radius 1 is 1.28 bits per heavy atom. The lowest BCUT2D eigenvalue weighted by Crippen LogP contribution is -2.36. The third-order valence-corrected chi connectivity index (χ3v) is 3.22. The molecule has 3 nitrogen and oxygen atoms in total. The molecule has 0 atom stereocenters. The van der Waals surface area contributed by atoms with Crippen molar-refractivity contribution in [1.29, 1.82) is 0 Å². The molecular formula is C15H27N3. The second-order valence-corrected chi connectivity index (χ2v) is 7.59. The van der Waals surface area contributed by atoms with Gasteiger partial charge in [0.2, 0.25) is 5.95 Å². The summed E-state index contributed by atoms with van der Waals surface area (Å²) in [5.41, 5.74) is 1.50. The molecule has 2 rings (SSSR count). The van der Waals surface area contributed by atoms with Crippen molar-refractivity contribution < 1.29 is 0 Å². The van der Waals surface area contributed by atoms with Crippen molar-refractivity contribution in [1.82, 2.24) is 9.55 Å². The van der Waals surface area contributed by atoms with Gasteiger partial charge >= 0.3 is 0 Å². The number of imidazole rings is 1. The van der Waals surface area contributed by atoms with E-state index < -0.39 is 0 Å². The number of aromatic nitrogens is 2. The van der Waals surface area contributed by atoms with E-state index in [1.807, 2.05) is 0 Å². The van der Waals surface area contributed by atoms with Crippen LogP contribution in [0, 0.1) is 12.3 Å². The van der Waals surface area contributed by atoms with Crippen LogP contribution in [0.2, 0.25) is 0 Å². The van der Waals surface area contributed by atoms with Crippen LogP contribution in [0.5, 0.6) is 0 Å². The number of aryl methyl sites for hydroxylation is 1. The quantitative estimate of drug-likeness (QED) is 0.868. The van der Waals surface area contributed by atoms with Crippen molar-refractivity contribution in [2.75, 3.05) is 5.32 Å². The first kappa shape index (κ1) is 13.4. The third kappa shape index (κ3) is 3.50. The van der Waals surface area contributed by atoms with Gasteiger partial charge in [0, 0.05) is 17.8 Å². The highest BCUT2D eigenvalue weighted by atomic mass is 15.2. The summed E-state index contributed by atoms with van der Waals surface area (Å²) in [4.78, 5) is 4.64. The highest BCUT2D eigenvalue weighted by molar-refractivity contribution is 5.34.